The Bertz CT molecular complexity index is 1000. The van der Waals surface area contributed by atoms with Gasteiger partial charge in [0.05, 0.1) is 0 Å². The Balaban J connectivity index is 1.24. The van der Waals surface area contributed by atoms with Crippen molar-refractivity contribution in [2.75, 3.05) is 19.7 Å². The number of likely N-dealkylation sites (tertiary alicyclic amines) is 1. The lowest BCUT2D eigenvalue weighted by atomic mass is 9.93. The monoisotopic (exact) mass is 464 g/mol. The van der Waals surface area contributed by atoms with Crippen molar-refractivity contribution in [3.63, 3.8) is 0 Å². The maximum Gasteiger partial charge on any atom is 0.407 e. The summed E-state index contributed by atoms with van der Waals surface area (Å²) in [5.41, 5.74) is 4.68. The molecular weight excluding hydrogens is 432 g/mol. The molecule has 1 atom stereocenters. The minimum Gasteiger partial charge on any atom is -0.481 e. The molecule has 0 unspecified atom stereocenters. The zero-order chi connectivity index (χ0) is 24.1. The van der Waals surface area contributed by atoms with E-state index in [9.17, 15) is 14.4 Å². The van der Waals surface area contributed by atoms with Crippen molar-refractivity contribution in [1.82, 2.24) is 10.2 Å². The molecule has 1 fully saturated rings. The zero-order valence-corrected chi connectivity index (χ0v) is 19.5. The molecule has 180 valence electrons. The normalized spacial score (nSPS) is 15.7. The summed E-state index contributed by atoms with van der Waals surface area (Å²) < 4.78 is 5.61. The maximum absolute atomic E-state index is 12.6. The minimum atomic E-state index is -0.780. The van der Waals surface area contributed by atoms with Gasteiger partial charge >= 0.3 is 12.1 Å². The Morgan fingerprint density at radius 1 is 1.06 bits per heavy atom. The van der Waals surface area contributed by atoms with Gasteiger partial charge < -0.3 is 20.1 Å². The molecule has 7 heteroatoms. The highest BCUT2D eigenvalue weighted by molar-refractivity contribution is 5.80. The second-order valence-electron chi connectivity index (χ2n) is 9.23. The van der Waals surface area contributed by atoms with Crippen molar-refractivity contribution in [2.24, 2.45) is 5.92 Å². The fourth-order valence-electron chi connectivity index (χ4n) is 4.94. The summed E-state index contributed by atoms with van der Waals surface area (Å²) in [6.45, 7) is 3.51. The number of carbonyl (C=O) groups is 3. The third kappa shape index (κ3) is 5.41. The van der Waals surface area contributed by atoms with E-state index < -0.39 is 12.1 Å². The summed E-state index contributed by atoms with van der Waals surface area (Å²) in [5, 5.41) is 11.6. The van der Waals surface area contributed by atoms with Gasteiger partial charge in [0.15, 0.2) is 0 Å². The highest BCUT2D eigenvalue weighted by Crippen LogP contribution is 2.44. The minimum absolute atomic E-state index is 0.000920. The topological polar surface area (TPSA) is 95.9 Å². The van der Waals surface area contributed by atoms with E-state index in [1.807, 2.05) is 31.2 Å². The number of carbonyl (C=O) groups excluding carboxylic acids is 2. The van der Waals surface area contributed by atoms with Crippen LogP contribution in [-0.4, -0.2) is 53.7 Å². The summed E-state index contributed by atoms with van der Waals surface area (Å²) >= 11 is 0. The smallest absolute Gasteiger partial charge is 0.407 e. The summed E-state index contributed by atoms with van der Waals surface area (Å²) in [5.74, 6) is -0.393. The van der Waals surface area contributed by atoms with Crippen molar-refractivity contribution in [2.45, 2.75) is 51.0 Å². The van der Waals surface area contributed by atoms with Crippen LogP contribution in [0.25, 0.3) is 11.1 Å². The molecule has 0 saturated carbocycles. The quantitative estimate of drug-likeness (QED) is 0.543. The molecule has 0 bridgehead atoms. The Morgan fingerprint density at radius 3 is 2.26 bits per heavy atom. The predicted octanol–water partition coefficient (Wildman–Crippen LogP) is 4.41. The SMILES string of the molecule is CC[C@H](CC(=O)N1CC(CCCC(=O)O)C1)NC(=O)OCC1c2ccccc2-c2ccccc21. The van der Waals surface area contributed by atoms with Gasteiger partial charge in [0.2, 0.25) is 5.91 Å². The molecule has 2 amide bonds. The number of fused-ring (bicyclic) bond motifs is 3. The van der Waals surface area contributed by atoms with Crippen molar-refractivity contribution in [1.29, 1.82) is 0 Å². The summed E-state index contributed by atoms with van der Waals surface area (Å²) in [4.78, 5) is 37.5. The molecule has 7 nitrogen and oxygen atoms in total. The van der Waals surface area contributed by atoms with Crippen LogP contribution >= 0.6 is 0 Å². The number of carboxylic acid groups (broad SMARTS) is 1. The van der Waals surface area contributed by atoms with E-state index in [1.165, 1.54) is 11.1 Å². The van der Waals surface area contributed by atoms with Gasteiger partial charge in [-0.3, -0.25) is 9.59 Å². The van der Waals surface area contributed by atoms with Gasteiger partial charge in [0.1, 0.15) is 6.61 Å². The van der Waals surface area contributed by atoms with Crippen molar-refractivity contribution < 1.29 is 24.2 Å². The lowest BCUT2D eigenvalue weighted by Crippen LogP contribution is -2.51. The average molecular weight is 465 g/mol. The molecule has 1 heterocycles. The first-order valence-corrected chi connectivity index (χ1v) is 12.1. The number of alkyl carbamates (subject to hydrolysis) is 1. The fourth-order valence-corrected chi connectivity index (χ4v) is 4.94. The van der Waals surface area contributed by atoms with Crippen LogP contribution in [0.3, 0.4) is 0 Å². The van der Waals surface area contributed by atoms with E-state index >= 15 is 0 Å². The molecule has 4 rings (SSSR count). The number of benzene rings is 2. The lowest BCUT2D eigenvalue weighted by molar-refractivity contribution is -0.140. The third-order valence-electron chi connectivity index (χ3n) is 6.89. The molecule has 1 aliphatic carbocycles. The summed E-state index contributed by atoms with van der Waals surface area (Å²) in [6, 6.07) is 16.1. The largest absolute Gasteiger partial charge is 0.481 e. The number of amides is 2. The molecular formula is C27H32N2O5. The number of hydrogen-bond acceptors (Lipinski definition) is 4. The average Bonchev–Trinajstić information content (AvgIpc) is 3.12. The molecule has 2 aromatic carbocycles. The van der Waals surface area contributed by atoms with Crippen LogP contribution in [0.2, 0.25) is 0 Å². The number of hydrogen-bond donors (Lipinski definition) is 2. The van der Waals surface area contributed by atoms with E-state index in [4.69, 9.17) is 9.84 Å². The molecule has 1 aliphatic heterocycles. The first-order chi connectivity index (χ1) is 16.5. The Morgan fingerprint density at radius 2 is 1.68 bits per heavy atom. The van der Waals surface area contributed by atoms with E-state index in [0.29, 0.717) is 31.8 Å². The number of nitrogens with zero attached hydrogens (tertiary/aromatic N) is 1. The Hall–Kier alpha value is -3.35. The number of carboxylic acids is 1. The van der Waals surface area contributed by atoms with Crippen LogP contribution in [0.4, 0.5) is 4.79 Å². The van der Waals surface area contributed by atoms with Crippen molar-refractivity contribution in [3.8, 4) is 11.1 Å². The van der Waals surface area contributed by atoms with Gasteiger partial charge in [-0.25, -0.2) is 4.79 Å². The zero-order valence-electron chi connectivity index (χ0n) is 19.5. The number of nitrogens with one attached hydrogen (secondary N) is 1. The highest BCUT2D eigenvalue weighted by atomic mass is 16.5. The first kappa shape index (κ1) is 23.8. The molecule has 0 spiro atoms. The van der Waals surface area contributed by atoms with E-state index in [2.05, 4.69) is 29.6 Å². The maximum atomic E-state index is 12.6. The molecule has 2 aromatic rings. The van der Waals surface area contributed by atoms with Crippen molar-refractivity contribution >= 4 is 18.0 Å². The first-order valence-electron chi connectivity index (χ1n) is 12.1. The third-order valence-corrected chi connectivity index (χ3v) is 6.89. The Kier molecular flexibility index (Phi) is 7.50. The van der Waals surface area contributed by atoms with Crippen LogP contribution in [0, 0.1) is 5.92 Å². The number of ether oxygens (including phenoxy) is 1. The molecule has 1 saturated heterocycles. The predicted molar refractivity (Wildman–Crippen MR) is 128 cm³/mol. The molecule has 34 heavy (non-hydrogen) atoms. The van der Waals surface area contributed by atoms with Gasteiger partial charge in [-0.15, -0.1) is 0 Å². The molecule has 0 radical (unpaired) electrons. The van der Waals surface area contributed by atoms with Gasteiger partial charge in [-0.2, -0.15) is 0 Å². The standard InChI is InChI=1S/C27H32N2O5/c1-2-19(14-25(30)29-15-18(16-29)8-7-13-26(31)32)28-27(33)34-17-24-22-11-5-3-9-20(22)21-10-4-6-12-23(21)24/h3-6,9-12,18-19,24H,2,7-8,13-17H2,1H3,(H,28,33)(H,31,32)/t19-/m1/s1. The highest BCUT2D eigenvalue weighted by Gasteiger charge is 2.32. The van der Waals surface area contributed by atoms with Crippen LogP contribution in [-0.2, 0) is 14.3 Å². The second-order valence-corrected chi connectivity index (χ2v) is 9.23. The number of aliphatic carboxylic acids is 1. The van der Waals surface area contributed by atoms with Gasteiger partial charge in [-0.05, 0) is 47.4 Å². The van der Waals surface area contributed by atoms with E-state index in [0.717, 1.165) is 17.5 Å². The van der Waals surface area contributed by atoms with Crippen molar-refractivity contribution in [3.05, 3.63) is 59.7 Å². The Labute approximate surface area is 200 Å². The van der Waals surface area contributed by atoms with Crippen LogP contribution in [0.5, 0.6) is 0 Å². The van der Waals surface area contributed by atoms with Crippen LogP contribution in [0.1, 0.15) is 56.1 Å². The van der Waals surface area contributed by atoms with E-state index in [-0.39, 0.29) is 37.3 Å². The van der Waals surface area contributed by atoms with Gasteiger partial charge in [0, 0.05) is 37.9 Å². The number of rotatable bonds is 10. The fraction of sp³-hybridized carbons (Fsp3) is 0.444. The summed E-state index contributed by atoms with van der Waals surface area (Å²) in [6.07, 6.45) is 2.01. The van der Waals surface area contributed by atoms with E-state index in [1.54, 1.807) is 4.90 Å². The van der Waals surface area contributed by atoms with Gasteiger partial charge in [-0.1, -0.05) is 55.5 Å². The molecule has 2 aliphatic rings. The molecule has 0 aromatic heterocycles. The second kappa shape index (κ2) is 10.7. The summed E-state index contributed by atoms with van der Waals surface area (Å²) in [7, 11) is 0. The van der Waals surface area contributed by atoms with Crippen LogP contribution < -0.4 is 5.32 Å². The molecule has 2 N–H and O–H groups in total. The van der Waals surface area contributed by atoms with Gasteiger partial charge in [0.25, 0.3) is 0 Å². The lowest BCUT2D eigenvalue weighted by Gasteiger charge is -2.40. The van der Waals surface area contributed by atoms with Crippen LogP contribution in [0.15, 0.2) is 48.5 Å².